The van der Waals surface area contributed by atoms with Crippen LogP contribution in [0.15, 0.2) is 48.5 Å². The number of amides is 1. The molecule has 0 bridgehead atoms. The summed E-state index contributed by atoms with van der Waals surface area (Å²) >= 11 is 0. The topological polar surface area (TPSA) is 33.2 Å². The van der Waals surface area contributed by atoms with E-state index in [1.807, 2.05) is 0 Å². The number of halogens is 2. The maximum atomic E-state index is 13.5. The first-order valence-corrected chi connectivity index (χ1v) is 8.16. The largest absolute Gasteiger partial charge is 0.331 e. The number of aromatic nitrogens is 1. The van der Waals surface area contributed by atoms with Gasteiger partial charge in [0.05, 0.1) is 17.1 Å². The number of pyridine rings is 1. The Morgan fingerprint density at radius 2 is 1.80 bits per heavy atom. The third-order valence-electron chi connectivity index (χ3n) is 4.67. The molecule has 0 spiro atoms. The molecule has 0 aliphatic carbocycles. The quantitative estimate of drug-likeness (QED) is 0.693. The average molecular weight is 338 g/mol. The van der Waals surface area contributed by atoms with E-state index in [1.165, 1.54) is 24.3 Å². The highest BCUT2D eigenvalue weighted by molar-refractivity contribution is 6.06. The zero-order chi connectivity index (χ0) is 17.6. The Hall–Kier alpha value is -2.82. The Morgan fingerprint density at radius 3 is 2.48 bits per heavy atom. The van der Waals surface area contributed by atoms with Crippen LogP contribution < -0.4 is 0 Å². The van der Waals surface area contributed by atoms with Gasteiger partial charge in [-0.05, 0) is 49.2 Å². The standard InChI is InChI=1S/C20H16F2N2O/c1-12-10-17(16-7-6-15(22)11-18(16)23-12)20(25)24-9-8-19(24)13-2-4-14(21)5-3-13/h2-7,10-11,19H,8-9H2,1H3/t19-/m0/s1. The first-order valence-electron chi connectivity index (χ1n) is 8.16. The van der Waals surface area contributed by atoms with E-state index < -0.39 is 0 Å². The fourth-order valence-electron chi connectivity index (χ4n) is 3.33. The van der Waals surface area contributed by atoms with Gasteiger partial charge in [0.2, 0.25) is 0 Å². The lowest BCUT2D eigenvalue weighted by atomic mass is 9.93. The van der Waals surface area contributed by atoms with Crippen LogP contribution in [0.1, 0.15) is 34.1 Å². The van der Waals surface area contributed by atoms with E-state index in [0.29, 0.717) is 28.7 Å². The van der Waals surface area contributed by atoms with Gasteiger partial charge in [-0.1, -0.05) is 12.1 Å². The minimum absolute atomic E-state index is 0.0583. The fraction of sp³-hybridized carbons (Fsp3) is 0.200. The molecule has 1 atom stereocenters. The zero-order valence-electron chi connectivity index (χ0n) is 13.7. The van der Waals surface area contributed by atoms with Crippen molar-refractivity contribution in [2.45, 2.75) is 19.4 Å². The summed E-state index contributed by atoms with van der Waals surface area (Å²) in [5.74, 6) is -0.779. The molecule has 25 heavy (non-hydrogen) atoms. The average Bonchev–Trinajstić information content (AvgIpc) is 2.54. The normalized spacial score (nSPS) is 16.8. The molecule has 1 amide bonds. The van der Waals surface area contributed by atoms with E-state index in [9.17, 15) is 13.6 Å². The molecule has 0 N–H and O–H groups in total. The molecule has 0 saturated carbocycles. The first-order chi connectivity index (χ1) is 12.0. The molecule has 1 aliphatic heterocycles. The molecule has 2 aromatic carbocycles. The van der Waals surface area contributed by atoms with Crippen LogP contribution in [0, 0.1) is 18.6 Å². The van der Waals surface area contributed by atoms with Crippen LogP contribution in [-0.4, -0.2) is 22.3 Å². The monoisotopic (exact) mass is 338 g/mol. The first kappa shape index (κ1) is 15.7. The summed E-state index contributed by atoms with van der Waals surface area (Å²) in [5, 5.41) is 0.641. The molecule has 1 aromatic heterocycles. The number of rotatable bonds is 2. The predicted octanol–water partition coefficient (Wildman–Crippen LogP) is 4.41. The summed E-state index contributed by atoms with van der Waals surface area (Å²) < 4.78 is 26.6. The highest BCUT2D eigenvalue weighted by Gasteiger charge is 2.34. The molecular formula is C20H16F2N2O. The van der Waals surface area contributed by atoms with Crippen LogP contribution in [0.4, 0.5) is 8.78 Å². The number of fused-ring (bicyclic) bond motifs is 1. The lowest BCUT2D eigenvalue weighted by Crippen LogP contribution is -2.45. The number of benzene rings is 2. The highest BCUT2D eigenvalue weighted by Crippen LogP contribution is 2.35. The van der Waals surface area contributed by atoms with Crippen LogP contribution in [0.25, 0.3) is 10.9 Å². The van der Waals surface area contributed by atoms with Crippen LogP contribution in [0.3, 0.4) is 0 Å². The van der Waals surface area contributed by atoms with Gasteiger partial charge in [-0.15, -0.1) is 0 Å². The third kappa shape index (κ3) is 2.76. The van der Waals surface area contributed by atoms with Crippen molar-refractivity contribution in [3.05, 3.63) is 77.0 Å². The zero-order valence-corrected chi connectivity index (χ0v) is 13.7. The summed E-state index contributed by atoms with van der Waals surface area (Å²) in [5.41, 5.74) is 2.58. The second kappa shape index (κ2) is 5.92. The maximum absolute atomic E-state index is 13.5. The molecule has 0 unspecified atom stereocenters. The van der Waals surface area contributed by atoms with Crippen molar-refractivity contribution in [2.75, 3.05) is 6.54 Å². The SMILES string of the molecule is Cc1cc(C(=O)N2CC[C@H]2c2ccc(F)cc2)c2ccc(F)cc2n1. The number of aryl methyl sites for hydroxylation is 1. The van der Waals surface area contributed by atoms with Crippen molar-refractivity contribution in [2.24, 2.45) is 0 Å². The van der Waals surface area contributed by atoms with Crippen molar-refractivity contribution in [1.29, 1.82) is 0 Å². The molecule has 1 saturated heterocycles. The minimum atomic E-state index is -0.378. The van der Waals surface area contributed by atoms with Crippen LogP contribution in [-0.2, 0) is 0 Å². The summed E-state index contributed by atoms with van der Waals surface area (Å²) in [4.78, 5) is 19.1. The van der Waals surface area contributed by atoms with Crippen molar-refractivity contribution in [3.63, 3.8) is 0 Å². The molecule has 0 radical (unpaired) electrons. The second-order valence-corrected chi connectivity index (χ2v) is 6.33. The minimum Gasteiger partial charge on any atom is -0.331 e. The predicted molar refractivity (Wildman–Crippen MR) is 91.2 cm³/mol. The molecular weight excluding hydrogens is 322 g/mol. The Morgan fingerprint density at radius 1 is 1.08 bits per heavy atom. The Labute approximate surface area is 143 Å². The lowest BCUT2D eigenvalue weighted by molar-refractivity contribution is 0.0462. The Kier molecular flexibility index (Phi) is 3.71. The van der Waals surface area contributed by atoms with Crippen LogP contribution in [0.5, 0.6) is 0 Å². The van der Waals surface area contributed by atoms with E-state index >= 15 is 0 Å². The van der Waals surface area contributed by atoms with E-state index in [2.05, 4.69) is 4.98 Å². The molecule has 2 heterocycles. The second-order valence-electron chi connectivity index (χ2n) is 6.33. The number of carbonyl (C=O) groups excluding carboxylic acids is 1. The van der Waals surface area contributed by atoms with Crippen molar-refractivity contribution < 1.29 is 13.6 Å². The van der Waals surface area contributed by atoms with E-state index in [4.69, 9.17) is 0 Å². The number of likely N-dealkylation sites (tertiary alicyclic amines) is 1. The molecule has 5 heteroatoms. The molecule has 1 fully saturated rings. The van der Waals surface area contributed by atoms with Crippen molar-refractivity contribution >= 4 is 16.8 Å². The molecule has 3 nitrogen and oxygen atoms in total. The van der Waals surface area contributed by atoms with E-state index in [-0.39, 0.29) is 23.6 Å². The van der Waals surface area contributed by atoms with Gasteiger partial charge in [-0.3, -0.25) is 9.78 Å². The van der Waals surface area contributed by atoms with E-state index in [1.54, 1.807) is 36.1 Å². The van der Waals surface area contributed by atoms with Crippen LogP contribution in [0.2, 0.25) is 0 Å². The fourth-order valence-corrected chi connectivity index (χ4v) is 3.33. The van der Waals surface area contributed by atoms with Gasteiger partial charge >= 0.3 is 0 Å². The summed E-state index contributed by atoms with van der Waals surface area (Å²) in [6.45, 7) is 2.43. The van der Waals surface area contributed by atoms with Gasteiger partial charge < -0.3 is 4.90 Å². The van der Waals surface area contributed by atoms with Gasteiger partial charge in [0.1, 0.15) is 11.6 Å². The van der Waals surface area contributed by atoms with Crippen LogP contribution >= 0.6 is 0 Å². The molecule has 126 valence electrons. The van der Waals surface area contributed by atoms with Gasteiger partial charge in [0.15, 0.2) is 0 Å². The van der Waals surface area contributed by atoms with Gasteiger partial charge in [0, 0.05) is 23.7 Å². The number of hydrogen-bond donors (Lipinski definition) is 0. The third-order valence-corrected chi connectivity index (χ3v) is 4.67. The smallest absolute Gasteiger partial charge is 0.255 e. The summed E-state index contributed by atoms with van der Waals surface area (Å²) in [6.07, 6.45) is 0.841. The maximum Gasteiger partial charge on any atom is 0.255 e. The molecule has 1 aliphatic rings. The van der Waals surface area contributed by atoms with Crippen molar-refractivity contribution in [3.8, 4) is 0 Å². The summed E-state index contributed by atoms with van der Waals surface area (Å²) in [6, 6.07) is 12.2. The Bertz CT molecular complexity index is 964. The van der Waals surface area contributed by atoms with Gasteiger partial charge in [-0.25, -0.2) is 8.78 Å². The Balaban J connectivity index is 1.71. The number of carbonyl (C=O) groups is 1. The molecule has 3 aromatic rings. The van der Waals surface area contributed by atoms with Crippen molar-refractivity contribution in [1.82, 2.24) is 9.88 Å². The van der Waals surface area contributed by atoms with E-state index in [0.717, 1.165) is 12.0 Å². The van der Waals surface area contributed by atoms with Gasteiger partial charge in [0.25, 0.3) is 5.91 Å². The van der Waals surface area contributed by atoms with Gasteiger partial charge in [-0.2, -0.15) is 0 Å². The number of hydrogen-bond acceptors (Lipinski definition) is 2. The lowest BCUT2D eigenvalue weighted by Gasteiger charge is -2.41. The number of nitrogens with zero attached hydrogens (tertiary/aromatic N) is 2. The molecule has 4 rings (SSSR count). The summed E-state index contributed by atoms with van der Waals surface area (Å²) in [7, 11) is 0. The highest BCUT2D eigenvalue weighted by atomic mass is 19.1.